The number of aromatic nitrogens is 4. The topological polar surface area (TPSA) is 73.1 Å². The number of rotatable bonds is 5. The summed E-state index contributed by atoms with van der Waals surface area (Å²) >= 11 is 1.37. The number of benzene rings is 1. The van der Waals surface area contributed by atoms with E-state index in [0.29, 0.717) is 30.6 Å². The lowest BCUT2D eigenvalue weighted by molar-refractivity contribution is -0.135. The third-order valence-corrected chi connectivity index (χ3v) is 5.20. The summed E-state index contributed by atoms with van der Waals surface area (Å²) < 4.78 is 7.32. The second kappa shape index (κ2) is 7.97. The van der Waals surface area contributed by atoms with Crippen LogP contribution in [-0.4, -0.2) is 62.6 Å². The van der Waals surface area contributed by atoms with Gasteiger partial charge in [-0.3, -0.25) is 4.79 Å². The highest BCUT2D eigenvalue weighted by atomic mass is 32.2. The molecule has 1 atom stereocenters. The molecule has 0 aliphatic carbocycles. The summed E-state index contributed by atoms with van der Waals surface area (Å²) in [6.45, 7) is 8.08. The quantitative estimate of drug-likeness (QED) is 0.759. The Labute approximate surface area is 151 Å². The lowest BCUT2D eigenvalue weighted by atomic mass is 10.1. The number of tetrazole rings is 1. The largest absolute Gasteiger partial charge is 0.375 e. The molecule has 2 aromatic rings. The predicted octanol–water partition coefficient (Wildman–Crippen LogP) is 2.01. The van der Waals surface area contributed by atoms with Crippen LogP contribution in [0.1, 0.15) is 24.5 Å². The van der Waals surface area contributed by atoms with Gasteiger partial charge in [0.2, 0.25) is 11.1 Å². The number of hydrogen-bond donors (Lipinski definition) is 0. The molecule has 1 saturated heterocycles. The van der Waals surface area contributed by atoms with Crippen LogP contribution < -0.4 is 0 Å². The first-order valence-corrected chi connectivity index (χ1v) is 9.45. The summed E-state index contributed by atoms with van der Waals surface area (Å²) in [6.07, 6.45) is 1.06. The zero-order valence-electron chi connectivity index (χ0n) is 14.8. The lowest BCUT2D eigenvalue weighted by Crippen LogP contribution is -2.46. The van der Waals surface area contributed by atoms with E-state index in [4.69, 9.17) is 4.74 Å². The Morgan fingerprint density at radius 3 is 3.00 bits per heavy atom. The molecule has 25 heavy (non-hydrogen) atoms. The molecule has 1 unspecified atom stereocenters. The average molecular weight is 361 g/mol. The van der Waals surface area contributed by atoms with E-state index >= 15 is 0 Å². The minimum atomic E-state index is 0.0990. The van der Waals surface area contributed by atoms with Gasteiger partial charge in [-0.15, -0.1) is 5.10 Å². The van der Waals surface area contributed by atoms with Gasteiger partial charge < -0.3 is 9.64 Å². The van der Waals surface area contributed by atoms with Gasteiger partial charge in [-0.2, -0.15) is 4.68 Å². The van der Waals surface area contributed by atoms with Gasteiger partial charge in [-0.1, -0.05) is 36.4 Å². The summed E-state index contributed by atoms with van der Waals surface area (Å²) in [6, 6.07) is 6.12. The molecule has 8 heteroatoms. The second-order valence-corrected chi connectivity index (χ2v) is 7.14. The maximum Gasteiger partial charge on any atom is 0.233 e. The molecule has 1 aliphatic heterocycles. The van der Waals surface area contributed by atoms with Crippen LogP contribution in [-0.2, 0) is 9.53 Å². The Morgan fingerprint density at radius 1 is 1.40 bits per heavy atom. The molecule has 1 amide bonds. The van der Waals surface area contributed by atoms with Crippen molar-refractivity contribution in [2.75, 3.05) is 25.4 Å². The smallest absolute Gasteiger partial charge is 0.233 e. The molecule has 0 radical (unpaired) electrons. The number of thioether (sulfide) groups is 1. The summed E-state index contributed by atoms with van der Waals surface area (Å²) in [7, 11) is 0. The second-order valence-electron chi connectivity index (χ2n) is 6.19. The van der Waals surface area contributed by atoms with E-state index in [-0.39, 0.29) is 12.0 Å². The fraction of sp³-hybridized carbons (Fsp3) is 0.529. The molecule has 2 heterocycles. The van der Waals surface area contributed by atoms with Crippen LogP contribution >= 0.6 is 11.8 Å². The molecule has 0 N–H and O–H groups in total. The number of carbonyl (C=O) groups is 1. The van der Waals surface area contributed by atoms with E-state index in [0.717, 1.165) is 17.7 Å². The molecule has 1 aromatic heterocycles. The van der Waals surface area contributed by atoms with Crippen LogP contribution in [0.5, 0.6) is 0 Å². The molecule has 1 aliphatic rings. The highest BCUT2D eigenvalue weighted by molar-refractivity contribution is 7.99. The van der Waals surface area contributed by atoms with E-state index in [1.165, 1.54) is 17.3 Å². The zero-order chi connectivity index (χ0) is 17.8. The number of amides is 1. The van der Waals surface area contributed by atoms with Crippen molar-refractivity contribution in [2.24, 2.45) is 0 Å². The van der Waals surface area contributed by atoms with Crippen molar-refractivity contribution in [1.29, 1.82) is 0 Å². The predicted molar refractivity (Wildman–Crippen MR) is 96.0 cm³/mol. The standard InChI is InChI=1S/C17H23N5O2S/c1-4-14-10-21(7-8-24-14)16(23)11-25-17-18-19-20-22(17)15-6-5-12(2)9-13(15)3/h5-6,9,14H,4,7-8,10-11H2,1-3H3. The Kier molecular flexibility index (Phi) is 5.70. The van der Waals surface area contributed by atoms with Crippen LogP contribution in [0.4, 0.5) is 0 Å². The van der Waals surface area contributed by atoms with Crippen molar-refractivity contribution < 1.29 is 9.53 Å². The van der Waals surface area contributed by atoms with E-state index in [9.17, 15) is 4.79 Å². The molecule has 7 nitrogen and oxygen atoms in total. The molecule has 0 spiro atoms. The van der Waals surface area contributed by atoms with Gasteiger partial charge in [0.25, 0.3) is 0 Å². The molecule has 1 fully saturated rings. The van der Waals surface area contributed by atoms with E-state index in [2.05, 4.69) is 35.4 Å². The van der Waals surface area contributed by atoms with Gasteiger partial charge in [0.1, 0.15) is 0 Å². The first-order chi connectivity index (χ1) is 12.1. The molecule has 0 bridgehead atoms. The highest BCUT2D eigenvalue weighted by Gasteiger charge is 2.23. The van der Waals surface area contributed by atoms with Crippen LogP contribution in [0.3, 0.4) is 0 Å². The number of nitrogens with zero attached hydrogens (tertiary/aromatic N) is 5. The average Bonchev–Trinajstić information content (AvgIpc) is 3.08. The normalized spacial score (nSPS) is 17.7. The van der Waals surface area contributed by atoms with Crippen molar-refractivity contribution in [2.45, 2.75) is 38.5 Å². The maximum absolute atomic E-state index is 12.5. The molecule has 1 aromatic carbocycles. The SMILES string of the molecule is CCC1CN(C(=O)CSc2nnnn2-c2ccc(C)cc2C)CCO1. The molecule has 3 rings (SSSR count). The molecule has 0 saturated carbocycles. The zero-order valence-corrected chi connectivity index (χ0v) is 15.6. The first kappa shape index (κ1) is 17.9. The number of aryl methyl sites for hydroxylation is 2. The van der Waals surface area contributed by atoms with Crippen LogP contribution in [0.2, 0.25) is 0 Å². The minimum Gasteiger partial charge on any atom is -0.375 e. The summed E-state index contributed by atoms with van der Waals surface area (Å²) in [5, 5.41) is 12.6. The summed E-state index contributed by atoms with van der Waals surface area (Å²) in [4.78, 5) is 14.4. The lowest BCUT2D eigenvalue weighted by Gasteiger charge is -2.32. The van der Waals surface area contributed by atoms with E-state index in [1.54, 1.807) is 4.68 Å². The third kappa shape index (κ3) is 4.19. The van der Waals surface area contributed by atoms with Crippen LogP contribution in [0, 0.1) is 13.8 Å². The fourth-order valence-corrected chi connectivity index (χ4v) is 3.66. The number of hydrogen-bond acceptors (Lipinski definition) is 6. The summed E-state index contributed by atoms with van der Waals surface area (Å²) in [5.41, 5.74) is 3.22. The summed E-state index contributed by atoms with van der Waals surface area (Å²) in [5.74, 6) is 0.420. The van der Waals surface area contributed by atoms with Gasteiger partial charge in [-0.25, -0.2) is 0 Å². The van der Waals surface area contributed by atoms with Gasteiger partial charge in [0.05, 0.1) is 24.2 Å². The van der Waals surface area contributed by atoms with Crippen LogP contribution in [0.25, 0.3) is 5.69 Å². The van der Waals surface area contributed by atoms with Crippen molar-refractivity contribution in [3.05, 3.63) is 29.3 Å². The Bertz CT molecular complexity index is 748. The Hall–Kier alpha value is -1.93. The molecule has 134 valence electrons. The monoisotopic (exact) mass is 361 g/mol. The van der Waals surface area contributed by atoms with Crippen molar-refractivity contribution in [1.82, 2.24) is 25.1 Å². The number of ether oxygens (including phenoxy) is 1. The number of morpholine rings is 1. The van der Waals surface area contributed by atoms with Crippen molar-refractivity contribution >= 4 is 17.7 Å². The van der Waals surface area contributed by atoms with Gasteiger partial charge in [0, 0.05) is 13.1 Å². The van der Waals surface area contributed by atoms with Gasteiger partial charge in [-0.05, 0) is 42.3 Å². The van der Waals surface area contributed by atoms with Crippen molar-refractivity contribution in [3.8, 4) is 5.69 Å². The van der Waals surface area contributed by atoms with Crippen LogP contribution in [0.15, 0.2) is 23.4 Å². The molecular weight excluding hydrogens is 338 g/mol. The minimum absolute atomic E-state index is 0.0990. The fourth-order valence-electron chi connectivity index (χ4n) is 2.87. The number of carbonyl (C=O) groups excluding carboxylic acids is 1. The van der Waals surface area contributed by atoms with Gasteiger partial charge >= 0.3 is 0 Å². The maximum atomic E-state index is 12.5. The van der Waals surface area contributed by atoms with Crippen molar-refractivity contribution in [3.63, 3.8) is 0 Å². The molecular formula is C17H23N5O2S. The highest BCUT2D eigenvalue weighted by Crippen LogP contribution is 2.22. The Morgan fingerprint density at radius 2 is 2.24 bits per heavy atom. The Balaban J connectivity index is 1.66. The van der Waals surface area contributed by atoms with E-state index in [1.807, 2.05) is 24.0 Å². The van der Waals surface area contributed by atoms with E-state index < -0.39 is 0 Å². The van der Waals surface area contributed by atoms with Gasteiger partial charge in [0.15, 0.2) is 0 Å². The first-order valence-electron chi connectivity index (χ1n) is 8.46. The third-order valence-electron chi connectivity index (χ3n) is 4.29.